The molecule has 3 unspecified atom stereocenters. The number of ether oxygens (including phenoxy) is 2. The van der Waals surface area contributed by atoms with Gasteiger partial charge in [0.05, 0.1) is 5.60 Å². The molecule has 0 aromatic heterocycles. The Bertz CT molecular complexity index is 734. The first-order valence-corrected chi connectivity index (χ1v) is 10.8. The van der Waals surface area contributed by atoms with Crippen molar-refractivity contribution in [2.24, 2.45) is 11.8 Å². The van der Waals surface area contributed by atoms with E-state index in [0.717, 1.165) is 32.2 Å². The standard InChI is InChI=1S/C23H35NO4/c1-6-10-23(3,26)15-12-14-16(24(4)7-2)11-13-8-9-17(25)21-18(13)19(14)22(28-21)20(15)27-5/h8-9,14-16,19-20,22,25-26H,6-7,10-12H2,1-5H3/t14?,15-,16+,19?,20+,22+,23?/m0/s1. The van der Waals surface area contributed by atoms with Gasteiger partial charge in [-0.2, -0.15) is 0 Å². The van der Waals surface area contributed by atoms with Crippen molar-refractivity contribution in [1.29, 1.82) is 0 Å². The molecule has 1 fully saturated rings. The number of aromatic hydroxyl groups is 1. The fraction of sp³-hybridized carbons (Fsp3) is 0.739. The van der Waals surface area contributed by atoms with E-state index in [0.29, 0.717) is 17.7 Å². The molecule has 2 N–H and O–H groups in total. The highest BCUT2D eigenvalue weighted by atomic mass is 16.5. The molecule has 0 radical (unpaired) electrons. The number of benzene rings is 1. The Hall–Kier alpha value is -1.30. The molecule has 5 nitrogen and oxygen atoms in total. The fourth-order valence-corrected chi connectivity index (χ4v) is 6.29. The van der Waals surface area contributed by atoms with Crippen LogP contribution >= 0.6 is 0 Å². The molecule has 7 atom stereocenters. The topological polar surface area (TPSA) is 62.2 Å². The zero-order valence-electron chi connectivity index (χ0n) is 17.8. The number of phenols is 1. The number of hydrogen-bond acceptors (Lipinski definition) is 5. The Labute approximate surface area is 168 Å². The molecule has 4 rings (SSSR count). The third-order valence-electron chi connectivity index (χ3n) is 7.73. The largest absolute Gasteiger partial charge is 0.504 e. The van der Waals surface area contributed by atoms with E-state index < -0.39 is 5.60 Å². The summed E-state index contributed by atoms with van der Waals surface area (Å²) in [6.07, 6.45) is 3.22. The van der Waals surface area contributed by atoms with Crippen molar-refractivity contribution in [3.8, 4) is 11.5 Å². The van der Waals surface area contributed by atoms with Crippen molar-refractivity contribution in [2.75, 3.05) is 20.7 Å². The van der Waals surface area contributed by atoms with Crippen LogP contribution in [0.2, 0.25) is 0 Å². The number of rotatable bonds is 6. The maximum Gasteiger partial charge on any atom is 0.165 e. The van der Waals surface area contributed by atoms with Crippen molar-refractivity contribution >= 4 is 0 Å². The van der Waals surface area contributed by atoms with Crippen LogP contribution in [-0.2, 0) is 11.2 Å². The number of methoxy groups -OCH3 is 1. The molecule has 1 aromatic carbocycles. The van der Waals surface area contributed by atoms with Crippen molar-refractivity contribution < 1.29 is 19.7 Å². The van der Waals surface area contributed by atoms with Gasteiger partial charge in [-0.25, -0.2) is 0 Å². The molecule has 1 aliphatic heterocycles. The predicted octanol–water partition coefficient (Wildman–Crippen LogP) is 3.32. The molecule has 0 spiro atoms. The van der Waals surface area contributed by atoms with Crippen LogP contribution in [0.25, 0.3) is 0 Å². The number of hydrogen-bond donors (Lipinski definition) is 2. The normalized spacial score (nSPS) is 35.4. The van der Waals surface area contributed by atoms with Gasteiger partial charge in [0.1, 0.15) is 12.2 Å². The second-order valence-corrected chi connectivity index (χ2v) is 9.25. The van der Waals surface area contributed by atoms with E-state index in [-0.39, 0.29) is 29.8 Å². The summed E-state index contributed by atoms with van der Waals surface area (Å²) in [7, 11) is 3.93. The number of nitrogens with zero attached hydrogens (tertiary/aromatic N) is 1. The molecule has 1 aromatic rings. The number of phenolic OH excluding ortho intramolecular Hbond substituents is 1. The smallest absolute Gasteiger partial charge is 0.165 e. The maximum absolute atomic E-state index is 11.3. The van der Waals surface area contributed by atoms with Crippen LogP contribution in [-0.4, -0.2) is 59.7 Å². The Balaban J connectivity index is 1.81. The van der Waals surface area contributed by atoms with Gasteiger partial charge in [0.25, 0.3) is 0 Å². The van der Waals surface area contributed by atoms with Crippen LogP contribution in [0.4, 0.5) is 0 Å². The quantitative estimate of drug-likeness (QED) is 0.782. The highest BCUT2D eigenvalue weighted by Gasteiger charge is 2.59. The van der Waals surface area contributed by atoms with Crippen LogP contribution in [0.1, 0.15) is 57.1 Å². The highest BCUT2D eigenvalue weighted by Crippen LogP contribution is 2.59. The predicted molar refractivity (Wildman–Crippen MR) is 109 cm³/mol. The lowest BCUT2D eigenvalue weighted by Gasteiger charge is -2.52. The Morgan fingerprint density at radius 2 is 2.07 bits per heavy atom. The minimum Gasteiger partial charge on any atom is -0.504 e. The Morgan fingerprint density at radius 3 is 2.71 bits per heavy atom. The summed E-state index contributed by atoms with van der Waals surface area (Å²) in [5, 5.41) is 21.8. The minimum atomic E-state index is -0.795. The maximum atomic E-state index is 11.3. The van der Waals surface area contributed by atoms with E-state index in [9.17, 15) is 10.2 Å². The lowest BCUT2D eigenvalue weighted by Crippen LogP contribution is -2.59. The number of likely N-dealkylation sites (N-methyl/N-ethyl adjacent to an activating group) is 1. The van der Waals surface area contributed by atoms with Crippen LogP contribution in [0.3, 0.4) is 0 Å². The van der Waals surface area contributed by atoms with Crippen LogP contribution in [0.5, 0.6) is 11.5 Å². The van der Waals surface area contributed by atoms with Crippen LogP contribution < -0.4 is 4.74 Å². The molecule has 1 heterocycles. The van der Waals surface area contributed by atoms with E-state index in [1.165, 1.54) is 11.1 Å². The van der Waals surface area contributed by atoms with Gasteiger partial charge in [0, 0.05) is 30.6 Å². The van der Waals surface area contributed by atoms with Gasteiger partial charge in [-0.1, -0.05) is 26.3 Å². The van der Waals surface area contributed by atoms with Gasteiger partial charge in [-0.15, -0.1) is 0 Å². The van der Waals surface area contributed by atoms with Crippen molar-refractivity contribution in [3.63, 3.8) is 0 Å². The van der Waals surface area contributed by atoms with Gasteiger partial charge in [0.2, 0.25) is 0 Å². The second-order valence-electron chi connectivity index (χ2n) is 9.25. The minimum absolute atomic E-state index is 0.00876. The Morgan fingerprint density at radius 1 is 1.32 bits per heavy atom. The zero-order valence-corrected chi connectivity index (χ0v) is 17.8. The van der Waals surface area contributed by atoms with E-state index in [1.54, 1.807) is 13.2 Å². The zero-order chi connectivity index (χ0) is 20.2. The van der Waals surface area contributed by atoms with E-state index >= 15 is 0 Å². The van der Waals surface area contributed by atoms with Gasteiger partial charge >= 0.3 is 0 Å². The summed E-state index contributed by atoms with van der Waals surface area (Å²) in [6, 6.07) is 4.23. The van der Waals surface area contributed by atoms with Crippen LogP contribution in [0, 0.1) is 11.8 Å². The first kappa shape index (κ1) is 20.0. The summed E-state index contributed by atoms with van der Waals surface area (Å²) in [5.41, 5.74) is 1.68. The summed E-state index contributed by atoms with van der Waals surface area (Å²) in [4.78, 5) is 2.44. The average molecular weight is 390 g/mol. The fourth-order valence-electron chi connectivity index (χ4n) is 6.29. The van der Waals surface area contributed by atoms with E-state index in [1.807, 2.05) is 6.92 Å². The summed E-state index contributed by atoms with van der Waals surface area (Å²) >= 11 is 0. The lowest BCUT2D eigenvalue weighted by atomic mass is 9.58. The molecule has 3 aliphatic rings. The first-order valence-electron chi connectivity index (χ1n) is 10.8. The summed E-state index contributed by atoms with van der Waals surface area (Å²) in [6.45, 7) is 7.26. The molecule has 0 saturated heterocycles. The number of aliphatic hydroxyl groups is 1. The molecule has 28 heavy (non-hydrogen) atoms. The highest BCUT2D eigenvalue weighted by molar-refractivity contribution is 5.57. The average Bonchev–Trinajstić information content (AvgIpc) is 3.08. The summed E-state index contributed by atoms with van der Waals surface area (Å²) < 4.78 is 12.4. The molecule has 2 aliphatic carbocycles. The van der Waals surface area contributed by atoms with Gasteiger partial charge in [0.15, 0.2) is 11.5 Å². The van der Waals surface area contributed by atoms with Crippen molar-refractivity contribution in [1.82, 2.24) is 4.90 Å². The molecule has 156 valence electrons. The molecule has 0 amide bonds. The molecular formula is C23H35NO4. The lowest BCUT2D eigenvalue weighted by molar-refractivity contribution is -0.150. The van der Waals surface area contributed by atoms with Crippen molar-refractivity contribution in [3.05, 3.63) is 23.3 Å². The second kappa shape index (κ2) is 7.19. The first-order chi connectivity index (χ1) is 13.3. The van der Waals surface area contributed by atoms with Gasteiger partial charge < -0.3 is 24.6 Å². The molecule has 1 saturated carbocycles. The van der Waals surface area contributed by atoms with E-state index in [4.69, 9.17) is 9.47 Å². The third kappa shape index (κ3) is 2.86. The SMILES string of the molecule is CCCC(C)(O)[C@H]1CC2C3c4c(ccc(O)c4O[C@H]3[C@@H]1OC)C[C@H]2N(C)CC. The van der Waals surface area contributed by atoms with Crippen molar-refractivity contribution in [2.45, 2.75) is 76.2 Å². The molecular weight excluding hydrogens is 354 g/mol. The molecule has 0 bridgehead atoms. The van der Waals surface area contributed by atoms with Crippen LogP contribution in [0.15, 0.2) is 12.1 Å². The Kier molecular flexibility index (Phi) is 5.13. The summed E-state index contributed by atoms with van der Waals surface area (Å²) in [5.74, 6) is 1.47. The van der Waals surface area contributed by atoms with E-state index in [2.05, 4.69) is 31.9 Å². The molecule has 5 heteroatoms. The third-order valence-corrected chi connectivity index (χ3v) is 7.73. The van der Waals surface area contributed by atoms with Gasteiger partial charge in [-0.05, 0) is 57.3 Å². The monoisotopic (exact) mass is 389 g/mol. The van der Waals surface area contributed by atoms with Gasteiger partial charge in [-0.3, -0.25) is 0 Å².